The van der Waals surface area contributed by atoms with Gasteiger partial charge in [0.2, 0.25) is 5.91 Å². The molecule has 4 N–H and O–H groups in total. The third-order valence-corrected chi connectivity index (χ3v) is 5.30. The van der Waals surface area contributed by atoms with Crippen LogP contribution in [0.4, 0.5) is 0 Å². The lowest BCUT2D eigenvalue weighted by Crippen LogP contribution is -2.54. The van der Waals surface area contributed by atoms with Crippen molar-refractivity contribution in [2.75, 3.05) is 33.4 Å². The molecule has 168 valence electrons. The molecular weight excluding hydrogens is 404 g/mol. The minimum Gasteiger partial charge on any atom is -0.379 e. The van der Waals surface area contributed by atoms with Crippen molar-refractivity contribution in [3.05, 3.63) is 70.8 Å². The monoisotopic (exact) mass is 434 g/mol. The topological polar surface area (TPSA) is 96.7 Å². The van der Waals surface area contributed by atoms with Gasteiger partial charge in [-0.3, -0.25) is 14.5 Å². The third kappa shape index (κ3) is 6.66. The molecule has 1 fully saturated rings. The van der Waals surface area contributed by atoms with Crippen LogP contribution < -0.4 is 16.4 Å². The Morgan fingerprint density at radius 1 is 1.03 bits per heavy atom. The van der Waals surface area contributed by atoms with Gasteiger partial charge in [0, 0.05) is 49.4 Å². The minimum absolute atomic E-state index is 0.327. The van der Waals surface area contributed by atoms with E-state index in [1.807, 2.05) is 12.1 Å². The molecule has 7 heteroatoms. The fraction of sp³-hybridized carbons (Fsp3) is 0.360. The standard InChI is InChI=1S/C25H30N4O3/c1-18(26)23(25(31)27-2)28-24(30)22-11-9-20(10-12-22)4-3-19-5-7-21(8-6-19)17-29-13-15-32-16-14-29/h5-12,18,23H,13-17,26H2,1-2H3,(H,27,31)(H,28,30)/t18-,23+/m1/s1. The molecule has 0 radical (unpaired) electrons. The molecule has 2 aromatic rings. The number of ether oxygens (including phenoxy) is 1. The summed E-state index contributed by atoms with van der Waals surface area (Å²) in [5.41, 5.74) is 9.25. The van der Waals surface area contributed by atoms with Crippen molar-refractivity contribution in [2.45, 2.75) is 25.6 Å². The Morgan fingerprint density at radius 3 is 2.12 bits per heavy atom. The summed E-state index contributed by atoms with van der Waals surface area (Å²) in [4.78, 5) is 26.7. The zero-order valence-electron chi connectivity index (χ0n) is 18.6. The number of rotatable bonds is 6. The van der Waals surface area contributed by atoms with Crippen LogP contribution in [0.3, 0.4) is 0 Å². The highest BCUT2D eigenvalue weighted by Crippen LogP contribution is 2.09. The van der Waals surface area contributed by atoms with Crippen molar-refractivity contribution in [3.63, 3.8) is 0 Å². The van der Waals surface area contributed by atoms with E-state index in [1.54, 1.807) is 31.2 Å². The summed E-state index contributed by atoms with van der Waals surface area (Å²) in [6.07, 6.45) is 0. The number of nitrogens with two attached hydrogens (primary N) is 1. The van der Waals surface area contributed by atoms with Crippen LogP contribution in [0.25, 0.3) is 0 Å². The van der Waals surface area contributed by atoms with Crippen LogP contribution in [0.2, 0.25) is 0 Å². The van der Waals surface area contributed by atoms with Gasteiger partial charge in [-0.2, -0.15) is 0 Å². The van der Waals surface area contributed by atoms with Crippen molar-refractivity contribution in [1.29, 1.82) is 0 Å². The van der Waals surface area contributed by atoms with Gasteiger partial charge in [-0.15, -0.1) is 0 Å². The normalized spacial score (nSPS) is 15.7. The van der Waals surface area contributed by atoms with Gasteiger partial charge in [0.15, 0.2) is 0 Å². The van der Waals surface area contributed by atoms with Crippen LogP contribution >= 0.6 is 0 Å². The fourth-order valence-electron chi connectivity index (χ4n) is 3.38. The summed E-state index contributed by atoms with van der Waals surface area (Å²) >= 11 is 0. The number of carbonyl (C=O) groups is 2. The molecule has 1 saturated heterocycles. The first-order valence-electron chi connectivity index (χ1n) is 10.8. The highest BCUT2D eigenvalue weighted by molar-refractivity contribution is 5.97. The number of likely N-dealkylation sites (N-methyl/N-ethyl adjacent to an activating group) is 1. The number of benzene rings is 2. The lowest BCUT2D eigenvalue weighted by molar-refractivity contribution is -0.122. The second-order valence-corrected chi connectivity index (χ2v) is 7.84. The molecule has 0 spiro atoms. The summed E-state index contributed by atoms with van der Waals surface area (Å²) in [7, 11) is 1.51. The maximum atomic E-state index is 12.5. The summed E-state index contributed by atoms with van der Waals surface area (Å²) in [6, 6.07) is 13.9. The number of nitrogens with one attached hydrogen (secondary N) is 2. The van der Waals surface area contributed by atoms with Gasteiger partial charge in [-0.1, -0.05) is 24.0 Å². The van der Waals surface area contributed by atoms with E-state index >= 15 is 0 Å². The van der Waals surface area contributed by atoms with E-state index in [9.17, 15) is 9.59 Å². The summed E-state index contributed by atoms with van der Waals surface area (Å²) in [6.45, 7) is 6.12. The van der Waals surface area contributed by atoms with Gasteiger partial charge in [0.1, 0.15) is 6.04 Å². The van der Waals surface area contributed by atoms with Gasteiger partial charge in [0.25, 0.3) is 5.91 Å². The van der Waals surface area contributed by atoms with Crippen molar-refractivity contribution >= 4 is 11.8 Å². The summed E-state index contributed by atoms with van der Waals surface area (Å²) < 4.78 is 5.39. The molecule has 1 heterocycles. The van der Waals surface area contributed by atoms with E-state index in [4.69, 9.17) is 10.5 Å². The largest absolute Gasteiger partial charge is 0.379 e. The molecule has 0 bridgehead atoms. The van der Waals surface area contributed by atoms with Crippen molar-refractivity contribution in [2.24, 2.45) is 5.73 Å². The Balaban J connectivity index is 1.58. The predicted molar refractivity (Wildman–Crippen MR) is 124 cm³/mol. The summed E-state index contributed by atoms with van der Waals surface area (Å²) in [5.74, 6) is 5.60. The Labute approximate surface area is 189 Å². The average Bonchev–Trinajstić information content (AvgIpc) is 2.82. The lowest BCUT2D eigenvalue weighted by Gasteiger charge is -2.26. The molecule has 0 saturated carbocycles. The number of amides is 2. The average molecular weight is 435 g/mol. The minimum atomic E-state index is -0.793. The van der Waals surface area contributed by atoms with Gasteiger partial charge in [-0.05, 0) is 48.9 Å². The van der Waals surface area contributed by atoms with Crippen LogP contribution in [0.5, 0.6) is 0 Å². The van der Waals surface area contributed by atoms with Crippen molar-refractivity contribution in [3.8, 4) is 11.8 Å². The highest BCUT2D eigenvalue weighted by Gasteiger charge is 2.24. The van der Waals surface area contributed by atoms with Crippen molar-refractivity contribution < 1.29 is 14.3 Å². The first-order valence-corrected chi connectivity index (χ1v) is 10.8. The van der Waals surface area contributed by atoms with Crippen LogP contribution in [0, 0.1) is 11.8 Å². The zero-order valence-corrected chi connectivity index (χ0v) is 18.6. The van der Waals surface area contributed by atoms with Crippen LogP contribution in [-0.2, 0) is 16.1 Å². The van der Waals surface area contributed by atoms with E-state index < -0.39 is 12.1 Å². The quantitative estimate of drug-likeness (QED) is 0.592. The molecule has 2 aromatic carbocycles. The Bertz CT molecular complexity index is 969. The first-order chi connectivity index (χ1) is 15.5. The predicted octanol–water partition coefficient (Wildman–Crippen LogP) is 1.11. The number of hydrogen-bond donors (Lipinski definition) is 3. The summed E-state index contributed by atoms with van der Waals surface area (Å²) in [5, 5.41) is 5.18. The second-order valence-electron chi connectivity index (χ2n) is 7.84. The Kier molecular flexibility index (Phi) is 8.40. The molecular formula is C25H30N4O3. The molecule has 1 aliphatic rings. The second kappa shape index (κ2) is 11.4. The molecule has 0 aromatic heterocycles. The van der Waals surface area contributed by atoms with E-state index in [0.29, 0.717) is 5.56 Å². The molecule has 3 rings (SSSR count). The van der Waals surface area contributed by atoms with E-state index in [1.165, 1.54) is 12.6 Å². The molecule has 7 nitrogen and oxygen atoms in total. The smallest absolute Gasteiger partial charge is 0.251 e. The first kappa shape index (κ1) is 23.5. The van der Waals surface area contributed by atoms with Crippen LogP contribution in [-0.4, -0.2) is 62.1 Å². The Morgan fingerprint density at radius 2 is 1.59 bits per heavy atom. The van der Waals surface area contributed by atoms with Gasteiger partial charge in [-0.25, -0.2) is 0 Å². The molecule has 1 aliphatic heterocycles. The zero-order chi connectivity index (χ0) is 22.9. The van der Waals surface area contributed by atoms with Crippen LogP contribution in [0.15, 0.2) is 48.5 Å². The fourth-order valence-corrected chi connectivity index (χ4v) is 3.38. The van der Waals surface area contributed by atoms with Gasteiger partial charge < -0.3 is 21.1 Å². The SMILES string of the molecule is CNC(=O)[C@@H](NC(=O)c1ccc(C#Cc2ccc(CN3CCOCC3)cc2)cc1)[C@@H](C)N. The third-order valence-electron chi connectivity index (χ3n) is 5.30. The highest BCUT2D eigenvalue weighted by atomic mass is 16.5. The van der Waals surface area contributed by atoms with Gasteiger partial charge >= 0.3 is 0 Å². The maximum Gasteiger partial charge on any atom is 0.251 e. The number of morpholine rings is 1. The van der Waals surface area contributed by atoms with Crippen molar-refractivity contribution in [1.82, 2.24) is 15.5 Å². The van der Waals surface area contributed by atoms with E-state index in [-0.39, 0.29) is 11.8 Å². The molecule has 2 atom stereocenters. The Hall–Kier alpha value is -3.18. The molecule has 2 amide bonds. The van der Waals surface area contributed by atoms with Gasteiger partial charge in [0.05, 0.1) is 13.2 Å². The molecule has 0 aliphatic carbocycles. The van der Waals surface area contributed by atoms with E-state index in [0.717, 1.165) is 44.0 Å². The molecule has 0 unspecified atom stereocenters. The number of carbonyl (C=O) groups excluding carboxylic acids is 2. The molecule has 32 heavy (non-hydrogen) atoms. The van der Waals surface area contributed by atoms with Crippen LogP contribution in [0.1, 0.15) is 34.0 Å². The number of nitrogens with zero attached hydrogens (tertiary/aromatic N) is 1. The maximum absolute atomic E-state index is 12.5. The lowest BCUT2D eigenvalue weighted by atomic mass is 10.1. The van der Waals surface area contributed by atoms with E-state index in [2.05, 4.69) is 39.5 Å². The number of hydrogen-bond acceptors (Lipinski definition) is 5.